The Hall–Kier alpha value is -0.990. The second-order valence-corrected chi connectivity index (χ2v) is 4.90. The maximum absolute atomic E-state index is 4.43. The van der Waals surface area contributed by atoms with Crippen molar-refractivity contribution in [2.24, 2.45) is 0 Å². The molecule has 0 amide bonds. The molecule has 1 atom stereocenters. The summed E-state index contributed by atoms with van der Waals surface area (Å²) in [6.07, 6.45) is 11.9. The van der Waals surface area contributed by atoms with Crippen LogP contribution in [0.15, 0.2) is 12.4 Å². The van der Waals surface area contributed by atoms with Crippen LogP contribution in [0.4, 0.5) is 5.95 Å². The van der Waals surface area contributed by atoms with Crippen LogP contribution in [-0.2, 0) is 0 Å². The number of rotatable bonds is 4. The van der Waals surface area contributed by atoms with Crippen LogP contribution in [0.25, 0.3) is 0 Å². The van der Waals surface area contributed by atoms with E-state index >= 15 is 0 Å². The highest BCUT2D eigenvalue weighted by atomic mass is 15.2. The van der Waals surface area contributed by atoms with Crippen LogP contribution < -0.4 is 5.32 Å². The third kappa shape index (κ3) is 2.57. The molecule has 1 N–H and O–H groups in total. The second-order valence-electron chi connectivity index (χ2n) is 4.90. The Kier molecular flexibility index (Phi) is 3.86. The van der Waals surface area contributed by atoms with E-state index in [1.54, 1.807) is 0 Å². The Morgan fingerprint density at radius 3 is 2.88 bits per heavy atom. The number of nitrogens with zero attached hydrogens (tertiary/aromatic N) is 2. The fourth-order valence-corrected chi connectivity index (χ4v) is 2.40. The minimum atomic E-state index is 0.504. The number of anilines is 1. The summed E-state index contributed by atoms with van der Waals surface area (Å²) in [7, 11) is 0. The van der Waals surface area contributed by atoms with E-state index in [9.17, 15) is 0 Å². The van der Waals surface area contributed by atoms with Gasteiger partial charge in [-0.25, -0.2) is 4.98 Å². The van der Waals surface area contributed by atoms with E-state index in [-0.39, 0.29) is 0 Å². The van der Waals surface area contributed by atoms with E-state index < -0.39 is 0 Å². The molecule has 3 nitrogen and oxygen atoms in total. The van der Waals surface area contributed by atoms with Gasteiger partial charge in [0, 0.05) is 24.5 Å². The highest BCUT2D eigenvalue weighted by Crippen LogP contribution is 2.30. The molecular weight excluding hydrogens is 198 g/mol. The van der Waals surface area contributed by atoms with E-state index in [2.05, 4.69) is 34.9 Å². The number of aromatic nitrogens is 2. The van der Waals surface area contributed by atoms with Gasteiger partial charge >= 0.3 is 0 Å². The lowest BCUT2D eigenvalue weighted by Crippen LogP contribution is -2.20. The standard InChI is InChI=1S/C13H23N3/c1-3-11(2)15-13-14-9-10-16(13)12-7-5-4-6-8-12/h9-12H,3-8H2,1-2H3,(H,14,15). The molecule has 1 unspecified atom stereocenters. The first-order chi connectivity index (χ1) is 7.81. The van der Waals surface area contributed by atoms with Crippen LogP contribution in [-0.4, -0.2) is 15.6 Å². The molecule has 0 spiro atoms. The van der Waals surface area contributed by atoms with E-state index in [1.807, 2.05) is 6.20 Å². The lowest BCUT2D eigenvalue weighted by molar-refractivity contribution is 0.355. The number of hydrogen-bond acceptors (Lipinski definition) is 2. The van der Waals surface area contributed by atoms with E-state index in [0.29, 0.717) is 12.1 Å². The predicted molar refractivity (Wildman–Crippen MR) is 67.7 cm³/mol. The molecule has 90 valence electrons. The Labute approximate surface area is 98.3 Å². The average molecular weight is 221 g/mol. The zero-order valence-corrected chi connectivity index (χ0v) is 10.4. The van der Waals surface area contributed by atoms with Crippen LogP contribution in [0.2, 0.25) is 0 Å². The molecular formula is C13H23N3. The van der Waals surface area contributed by atoms with Gasteiger partial charge in [-0.2, -0.15) is 0 Å². The van der Waals surface area contributed by atoms with Crippen LogP contribution in [0.5, 0.6) is 0 Å². The average Bonchev–Trinajstić information content (AvgIpc) is 2.78. The van der Waals surface area contributed by atoms with Gasteiger partial charge in [-0.05, 0) is 26.2 Å². The van der Waals surface area contributed by atoms with Gasteiger partial charge in [0.15, 0.2) is 0 Å². The molecule has 1 aromatic rings. The van der Waals surface area contributed by atoms with Crippen molar-refractivity contribution < 1.29 is 0 Å². The summed E-state index contributed by atoms with van der Waals surface area (Å²) in [6, 6.07) is 1.17. The number of imidazole rings is 1. The Morgan fingerprint density at radius 1 is 1.44 bits per heavy atom. The first-order valence-corrected chi connectivity index (χ1v) is 6.60. The molecule has 0 bridgehead atoms. The molecule has 0 aliphatic heterocycles. The highest BCUT2D eigenvalue weighted by Gasteiger charge is 2.18. The molecule has 1 fully saturated rings. The summed E-state index contributed by atoms with van der Waals surface area (Å²) in [5.74, 6) is 1.06. The van der Waals surface area contributed by atoms with Gasteiger partial charge in [0.2, 0.25) is 5.95 Å². The zero-order chi connectivity index (χ0) is 11.4. The van der Waals surface area contributed by atoms with E-state index in [0.717, 1.165) is 12.4 Å². The SMILES string of the molecule is CCC(C)Nc1nccn1C1CCCCC1. The highest BCUT2D eigenvalue weighted by molar-refractivity contribution is 5.28. The lowest BCUT2D eigenvalue weighted by atomic mass is 9.95. The summed E-state index contributed by atoms with van der Waals surface area (Å²) in [6.45, 7) is 4.41. The van der Waals surface area contributed by atoms with Crippen molar-refractivity contribution in [3.05, 3.63) is 12.4 Å². The summed E-state index contributed by atoms with van der Waals surface area (Å²) in [5.41, 5.74) is 0. The van der Waals surface area contributed by atoms with Crippen LogP contribution in [0, 0.1) is 0 Å². The summed E-state index contributed by atoms with van der Waals surface area (Å²) in [4.78, 5) is 4.43. The van der Waals surface area contributed by atoms with Gasteiger partial charge in [-0.1, -0.05) is 26.2 Å². The quantitative estimate of drug-likeness (QED) is 0.842. The lowest BCUT2D eigenvalue weighted by Gasteiger charge is -2.25. The molecule has 1 aliphatic rings. The van der Waals surface area contributed by atoms with Gasteiger partial charge in [0.25, 0.3) is 0 Å². The summed E-state index contributed by atoms with van der Waals surface area (Å²) in [5, 5.41) is 3.49. The fourth-order valence-electron chi connectivity index (χ4n) is 2.40. The fraction of sp³-hybridized carbons (Fsp3) is 0.769. The monoisotopic (exact) mass is 221 g/mol. The van der Waals surface area contributed by atoms with Gasteiger partial charge in [0.05, 0.1) is 0 Å². The first kappa shape index (κ1) is 11.5. The van der Waals surface area contributed by atoms with Crippen molar-refractivity contribution in [2.75, 3.05) is 5.32 Å². The van der Waals surface area contributed by atoms with Crippen molar-refractivity contribution >= 4 is 5.95 Å². The Balaban J connectivity index is 2.05. The second kappa shape index (κ2) is 5.37. The normalized spacial score (nSPS) is 19.6. The maximum atomic E-state index is 4.43. The van der Waals surface area contributed by atoms with Crippen LogP contribution in [0.1, 0.15) is 58.4 Å². The van der Waals surface area contributed by atoms with E-state index in [4.69, 9.17) is 0 Å². The van der Waals surface area contributed by atoms with Gasteiger partial charge < -0.3 is 9.88 Å². The zero-order valence-electron chi connectivity index (χ0n) is 10.4. The van der Waals surface area contributed by atoms with Crippen LogP contribution in [0.3, 0.4) is 0 Å². The molecule has 0 radical (unpaired) electrons. The molecule has 1 aliphatic carbocycles. The topological polar surface area (TPSA) is 29.9 Å². The number of hydrogen-bond donors (Lipinski definition) is 1. The minimum absolute atomic E-state index is 0.504. The molecule has 3 heteroatoms. The third-order valence-corrected chi connectivity index (χ3v) is 3.62. The summed E-state index contributed by atoms with van der Waals surface area (Å²) >= 11 is 0. The first-order valence-electron chi connectivity index (χ1n) is 6.60. The largest absolute Gasteiger partial charge is 0.353 e. The van der Waals surface area contributed by atoms with E-state index in [1.165, 1.54) is 32.1 Å². The molecule has 1 saturated carbocycles. The van der Waals surface area contributed by atoms with Crippen molar-refractivity contribution in [3.63, 3.8) is 0 Å². The van der Waals surface area contributed by atoms with Gasteiger partial charge in [-0.15, -0.1) is 0 Å². The third-order valence-electron chi connectivity index (χ3n) is 3.62. The maximum Gasteiger partial charge on any atom is 0.203 e. The van der Waals surface area contributed by atoms with Crippen molar-refractivity contribution in [1.82, 2.24) is 9.55 Å². The molecule has 1 heterocycles. The molecule has 2 rings (SSSR count). The molecule has 0 saturated heterocycles. The van der Waals surface area contributed by atoms with Gasteiger partial charge in [0.1, 0.15) is 0 Å². The van der Waals surface area contributed by atoms with Crippen molar-refractivity contribution in [3.8, 4) is 0 Å². The van der Waals surface area contributed by atoms with Crippen LogP contribution >= 0.6 is 0 Å². The molecule has 1 aromatic heterocycles. The Morgan fingerprint density at radius 2 is 2.19 bits per heavy atom. The number of nitrogens with one attached hydrogen (secondary N) is 1. The molecule has 16 heavy (non-hydrogen) atoms. The smallest absolute Gasteiger partial charge is 0.203 e. The van der Waals surface area contributed by atoms with Crippen molar-refractivity contribution in [2.45, 2.75) is 64.5 Å². The van der Waals surface area contributed by atoms with Gasteiger partial charge in [-0.3, -0.25) is 0 Å². The molecule has 0 aromatic carbocycles. The predicted octanol–water partition coefficient (Wildman–Crippen LogP) is 3.60. The minimum Gasteiger partial charge on any atom is -0.353 e. The Bertz CT molecular complexity index is 313. The van der Waals surface area contributed by atoms with Crippen molar-refractivity contribution in [1.29, 1.82) is 0 Å². The summed E-state index contributed by atoms with van der Waals surface area (Å²) < 4.78 is 2.34.